The molecular weight excluding hydrogens is 324 g/mol. The quantitative estimate of drug-likeness (QED) is 0.733. The molecule has 2 saturated carbocycles. The molecule has 0 radical (unpaired) electrons. The van der Waals surface area contributed by atoms with Gasteiger partial charge in [0.15, 0.2) is 0 Å². The molecule has 1 unspecified atom stereocenters. The van der Waals surface area contributed by atoms with Gasteiger partial charge in [-0.2, -0.15) is 0 Å². The second-order valence-electron chi connectivity index (χ2n) is 8.56. The van der Waals surface area contributed by atoms with Gasteiger partial charge >= 0.3 is 17.9 Å². The van der Waals surface area contributed by atoms with Crippen LogP contribution in [0, 0.1) is 22.7 Å². The highest BCUT2D eigenvalue weighted by Gasteiger charge is 2.62. The van der Waals surface area contributed by atoms with E-state index >= 15 is 0 Å². The lowest BCUT2D eigenvalue weighted by molar-refractivity contribution is -0.207. The van der Waals surface area contributed by atoms with Gasteiger partial charge in [-0.05, 0) is 57.3 Å². The summed E-state index contributed by atoms with van der Waals surface area (Å²) in [5, 5.41) is 19.0. The van der Waals surface area contributed by atoms with Crippen LogP contribution in [-0.2, 0) is 19.1 Å². The van der Waals surface area contributed by atoms with E-state index in [1.807, 2.05) is 13.8 Å². The smallest absolute Gasteiger partial charge is 0.309 e. The van der Waals surface area contributed by atoms with Crippen molar-refractivity contribution in [1.82, 2.24) is 0 Å². The zero-order valence-electron chi connectivity index (χ0n) is 15.6. The molecule has 2 N–H and O–H groups in total. The number of hydrogen-bond donors (Lipinski definition) is 2. The highest BCUT2D eigenvalue weighted by Crippen LogP contribution is 2.63. The molecule has 2 aliphatic carbocycles. The number of carboxylic acids is 2. The Morgan fingerprint density at radius 2 is 1.72 bits per heavy atom. The Morgan fingerprint density at radius 3 is 2.24 bits per heavy atom. The lowest BCUT2D eigenvalue weighted by Crippen LogP contribution is -2.60. The maximum Gasteiger partial charge on any atom is 0.309 e. The minimum absolute atomic E-state index is 0.00633. The molecule has 6 heteroatoms. The first-order valence-corrected chi connectivity index (χ1v) is 9.10. The molecule has 2 fully saturated rings. The molecule has 0 bridgehead atoms. The molecule has 5 atom stereocenters. The zero-order chi connectivity index (χ0) is 19.0. The van der Waals surface area contributed by atoms with Crippen LogP contribution in [0.2, 0.25) is 0 Å². The first-order valence-electron chi connectivity index (χ1n) is 9.10. The number of ether oxygens (including phenoxy) is 1. The number of rotatable bonds is 5. The summed E-state index contributed by atoms with van der Waals surface area (Å²) in [5.41, 5.74) is -1.92. The fourth-order valence-electron chi connectivity index (χ4n) is 5.89. The number of fused-ring (bicyclic) bond motifs is 1. The Hall–Kier alpha value is -1.59. The minimum Gasteiger partial charge on any atom is -0.481 e. The third-order valence-corrected chi connectivity index (χ3v) is 6.95. The van der Waals surface area contributed by atoms with Gasteiger partial charge in [-0.25, -0.2) is 0 Å². The van der Waals surface area contributed by atoms with Crippen molar-refractivity contribution in [3.8, 4) is 0 Å². The van der Waals surface area contributed by atoms with Gasteiger partial charge in [0.05, 0.1) is 5.41 Å². The van der Waals surface area contributed by atoms with E-state index < -0.39 is 23.0 Å². The number of aliphatic carboxylic acids is 2. The summed E-state index contributed by atoms with van der Waals surface area (Å²) in [6.07, 6.45) is 3.89. The first-order chi connectivity index (χ1) is 11.5. The summed E-state index contributed by atoms with van der Waals surface area (Å²) in [7, 11) is 0. The van der Waals surface area contributed by atoms with Crippen LogP contribution in [-0.4, -0.2) is 33.7 Å². The van der Waals surface area contributed by atoms with Crippen molar-refractivity contribution in [3.05, 3.63) is 0 Å². The second kappa shape index (κ2) is 6.61. The molecule has 6 nitrogen and oxygen atoms in total. The second-order valence-corrected chi connectivity index (χ2v) is 8.56. The van der Waals surface area contributed by atoms with E-state index in [4.69, 9.17) is 9.84 Å². The zero-order valence-corrected chi connectivity index (χ0v) is 15.6. The summed E-state index contributed by atoms with van der Waals surface area (Å²) in [6.45, 7) is 7.15. The van der Waals surface area contributed by atoms with Crippen molar-refractivity contribution in [2.75, 3.05) is 0 Å². The maximum absolute atomic E-state index is 12.0. The summed E-state index contributed by atoms with van der Waals surface area (Å²) < 4.78 is 5.69. The van der Waals surface area contributed by atoms with Crippen molar-refractivity contribution >= 4 is 17.9 Å². The fraction of sp³-hybridized carbons (Fsp3) is 0.842. The highest BCUT2D eigenvalue weighted by molar-refractivity contribution is 5.75. The molecule has 142 valence electrons. The van der Waals surface area contributed by atoms with Crippen LogP contribution >= 0.6 is 0 Å². The van der Waals surface area contributed by atoms with E-state index in [1.165, 1.54) is 6.92 Å². The summed E-state index contributed by atoms with van der Waals surface area (Å²) >= 11 is 0. The van der Waals surface area contributed by atoms with Crippen molar-refractivity contribution in [3.63, 3.8) is 0 Å². The van der Waals surface area contributed by atoms with E-state index in [0.717, 1.165) is 12.8 Å². The Labute approximate surface area is 148 Å². The summed E-state index contributed by atoms with van der Waals surface area (Å²) in [6, 6.07) is 0. The van der Waals surface area contributed by atoms with Crippen LogP contribution in [0.15, 0.2) is 0 Å². The average Bonchev–Trinajstić information content (AvgIpc) is 2.44. The van der Waals surface area contributed by atoms with Crippen LogP contribution in [0.4, 0.5) is 0 Å². The lowest BCUT2D eigenvalue weighted by Gasteiger charge is -2.61. The number of hydrogen-bond acceptors (Lipinski definition) is 4. The maximum atomic E-state index is 12.0. The Balaban J connectivity index is 2.45. The lowest BCUT2D eigenvalue weighted by atomic mass is 9.44. The van der Waals surface area contributed by atoms with E-state index in [9.17, 15) is 19.5 Å². The highest BCUT2D eigenvalue weighted by atomic mass is 16.6. The van der Waals surface area contributed by atoms with E-state index in [1.54, 1.807) is 0 Å². The molecule has 0 spiro atoms. The van der Waals surface area contributed by atoms with Gasteiger partial charge < -0.3 is 14.9 Å². The van der Waals surface area contributed by atoms with Crippen LogP contribution in [0.3, 0.4) is 0 Å². The van der Waals surface area contributed by atoms with Crippen LogP contribution in [0.5, 0.6) is 0 Å². The van der Waals surface area contributed by atoms with Gasteiger partial charge in [-0.3, -0.25) is 14.4 Å². The van der Waals surface area contributed by atoms with Crippen molar-refractivity contribution < 1.29 is 29.3 Å². The Morgan fingerprint density at radius 1 is 1.08 bits per heavy atom. The molecule has 0 aromatic heterocycles. The Bertz CT molecular complexity index is 572. The average molecular weight is 354 g/mol. The molecular formula is C19H30O6. The first kappa shape index (κ1) is 19.7. The molecule has 0 aromatic rings. The molecule has 0 aromatic carbocycles. The third-order valence-electron chi connectivity index (χ3n) is 6.95. The molecule has 0 aliphatic heterocycles. The standard InChI is InChI=1S/C19H30O6/c1-12(20)25-19(4)11-8-13-17(2,14(19)6-7-15(21)22)9-5-10-18(13,3)16(23)24/h13-14H,5-11H2,1-4H3,(H,21,22)(H,23,24)/t13?,14-,17+,18-,19-/m1/s1. The van der Waals surface area contributed by atoms with Crippen molar-refractivity contribution in [2.45, 2.75) is 78.2 Å². The SMILES string of the molecule is CC(=O)O[C@]1(C)CCC2[C@](C)(C(=O)O)CCC[C@]2(C)[C@H]1CCC(=O)O. The van der Waals surface area contributed by atoms with Crippen LogP contribution in [0.25, 0.3) is 0 Å². The fourth-order valence-corrected chi connectivity index (χ4v) is 5.89. The van der Waals surface area contributed by atoms with Gasteiger partial charge in [0.1, 0.15) is 5.60 Å². The van der Waals surface area contributed by atoms with Gasteiger partial charge in [0.2, 0.25) is 0 Å². The largest absolute Gasteiger partial charge is 0.481 e. The predicted octanol–water partition coefficient (Wildman–Crippen LogP) is 3.48. The minimum atomic E-state index is -0.882. The Kier molecular flexibility index (Phi) is 5.22. The number of esters is 1. The molecule has 0 heterocycles. The topological polar surface area (TPSA) is 101 Å². The summed E-state index contributed by atoms with van der Waals surface area (Å²) in [5.74, 6) is -2.25. The van der Waals surface area contributed by atoms with Gasteiger partial charge in [0, 0.05) is 19.3 Å². The summed E-state index contributed by atoms with van der Waals surface area (Å²) in [4.78, 5) is 34.8. The van der Waals surface area contributed by atoms with E-state index in [0.29, 0.717) is 25.7 Å². The van der Waals surface area contributed by atoms with E-state index in [2.05, 4.69) is 6.92 Å². The van der Waals surface area contributed by atoms with Crippen LogP contribution < -0.4 is 0 Å². The number of carboxylic acid groups (broad SMARTS) is 2. The monoisotopic (exact) mass is 354 g/mol. The molecule has 2 rings (SSSR count). The van der Waals surface area contributed by atoms with Crippen LogP contribution in [0.1, 0.15) is 72.6 Å². The third kappa shape index (κ3) is 3.40. The number of carbonyl (C=O) groups excluding carboxylic acids is 1. The molecule has 25 heavy (non-hydrogen) atoms. The molecule has 0 saturated heterocycles. The van der Waals surface area contributed by atoms with Crippen molar-refractivity contribution in [1.29, 1.82) is 0 Å². The van der Waals surface area contributed by atoms with Gasteiger partial charge in [-0.15, -0.1) is 0 Å². The predicted molar refractivity (Wildman–Crippen MR) is 91.0 cm³/mol. The van der Waals surface area contributed by atoms with Gasteiger partial charge in [-0.1, -0.05) is 13.3 Å². The van der Waals surface area contributed by atoms with Gasteiger partial charge in [0.25, 0.3) is 0 Å². The molecule has 0 amide bonds. The normalized spacial score (nSPS) is 40.8. The molecule has 2 aliphatic rings. The van der Waals surface area contributed by atoms with Crippen molar-refractivity contribution in [2.24, 2.45) is 22.7 Å². The number of carbonyl (C=O) groups is 3. The van der Waals surface area contributed by atoms with E-state index in [-0.39, 0.29) is 29.6 Å².